The van der Waals surface area contributed by atoms with Crippen LogP contribution in [0.4, 0.5) is 0 Å². The van der Waals surface area contributed by atoms with Gasteiger partial charge in [0.1, 0.15) is 0 Å². The first-order chi connectivity index (χ1) is 6.09. The lowest BCUT2D eigenvalue weighted by atomic mass is 10.2. The van der Waals surface area contributed by atoms with Crippen molar-refractivity contribution in [1.82, 2.24) is 15.1 Å². The molecule has 0 fully saturated rings. The van der Waals surface area contributed by atoms with Crippen molar-refractivity contribution in [1.29, 1.82) is 0 Å². The summed E-state index contributed by atoms with van der Waals surface area (Å²) in [7, 11) is 1.83. The standard InChI is InChI=1S/C8H13N3O2/c1-6(9-4-8(12)13)7-3-10-11(2)5-7/h3,5-6,9H,4H2,1-2H3,(H,12,13). The smallest absolute Gasteiger partial charge is 0.317 e. The second kappa shape index (κ2) is 4.04. The molecule has 2 N–H and O–H groups in total. The van der Waals surface area contributed by atoms with Crippen LogP contribution in [0.15, 0.2) is 12.4 Å². The minimum absolute atomic E-state index is 0.0183. The Kier molecular flexibility index (Phi) is 3.02. The molecule has 0 bridgehead atoms. The van der Waals surface area contributed by atoms with E-state index in [4.69, 9.17) is 5.11 Å². The first kappa shape index (κ1) is 9.73. The van der Waals surface area contributed by atoms with Gasteiger partial charge in [-0.3, -0.25) is 9.48 Å². The van der Waals surface area contributed by atoms with Gasteiger partial charge in [-0.15, -0.1) is 0 Å². The Morgan fingerprint density at radius 3 is 3.00 bits per heavy atom. The topological polar surface area (TPSA) is 67.2 Å². The summed E-state index contributed by atoms with van der Waals surface area (Å²) >= 11 is 0. The van der Waals surface area contributed by atoms with Crippen LogP contribution in [-0.4, -0.2) is 27.4 Å². The molecule has 0 saturated carbocycles. The van der Waals surface area contributed by atoms with Crippen LogP contribution in [0.5, 0.6) is 0 Å². The molecule has 1 aromatic heterocycles. The molecule has 5 nitrogen and oxygen atoms in total. The Morgan fingerprint density at radius 2 is 2.54 bits per heavy atom. The molecule has 0 aromatic carbocycles. The van der Waals surface area contributed by atoms with Crippen LogP contribution < -0.4 is 5.32 Å². The summed E-state index contributed by atoms with van der Waals surface area (Å²) in [4.78, 5) is 10.3. The number of aryl methyl sites for hydroxylation is 1. The highest BCUT2D eigenvalue weighted by Crippen LogP contribution is 2.09. The third-order valence-corrected chi connectivity index (χ3v) is 1.78. The Labute approximate surface area is 76.4 Å². The van der Waals surface area contributed by atoms with Crippen molar-refractivity contribution in [2.24, 2.45) is 7.05 Å². The van der Waals surface area contributed by atoms with Crippen LogP contribution in [0, 0.1) is 0 Å². The zero-order chi connectivity index (χ0) is 9.84. The van der Waals surface area contributed by atoms with Crippen LogP contribution >= 0.6 is 0 Å². The van der Waals surface area contributed by atoms with Gasteiger partial charge in [-0.1, -0.05) is 0 Å². The molecular weight excluding hydrogens is 170 g/mol. The van der Waals surface area contributed by atoms with E-state index in [1.165, 1.54) is 0 Å². The summed E-state index contributed by atoms with van der Waals surface area (Å²) in [6, 6.07) is 0.0183. The molecule has 1 atom stereocenters. The maximum absolute atomic E-state index is 10.3. The lowest BCUT2D eigenvalue weighted by molar-refractivity contribution is -0.136. The number of aliphatic carboxylic acids is 1. The molecule has 1 unspecified atom stereocenters. The van der Waals surface area contributed by atoms with Crippen LogP contribution in [0.2, 0.25) is 0 Å². The maximum Gasteiger partial charge on any atom is 0.317 e. The zero-order valence-electron chi connectivity index (χ0n) is 7.69. The van der Waals surface area contributed by atoms with E-state index in [1.54, 1.807) is 10.9 Å². The predicted molar refractivity (Wildman–Crippen MR) is 47.3 cm³/mol. The number of nitrogens with zero attached hydrogens (tertiary/aromatic N) is 2. The predicted octanol–water partition coefficient (Wildman–Crippen LogP) is 0.155. The van der Waals surface area contributed by atoms with E-state index in [0.717, 1.165) is 5.56 Å². The Balaban J connectivity index is 2.48. The van der Waals surface area contributed by atoms with Gasteiger partial charge in [-0.25, -0.2) is 0 Å². The molecular formula is C8H13N3O2. The quantitative estimate of drug-likeness (QED) is 0.697. The molecule has 0 amide bonds. The first-order valence-corrected chi connectivity index (χ1v) is 4.03. The third kappa shape index (κ3) is 2.87. The molecule has 13 heavy (non-hydrogen) atoms. The van der Waals surface area contributed by atoms with Crippen LogP contribution in [-0.2, 0) is 11.8 Å². The Morgan fingerprint density at radius 1 is 1.85 bits per heavy atom. The van der Waals surface area contributed by atoms with E-state index in [9.17, 15) is 4.79 Å². The molecule has 0 aliphatic carbocycles. The number of aromatic nitrogens is 2. The van der Waals surface area contributed by atoms with Gasteiger partial charge in [-0.05, 0) is 6.92 Å². The zero-order valence-corrected chi connectivity index (χ0v) is 7.69. The molecule has 1 heterocycles. The average Bonchev–Trinajstić information content (AvgIpc) is 2.47. The third-order valence-electron chi connectivity index (χ3n) is 1.78. The SMILES string of the molecule is CC(NCC(=O)O)c1cnn(C)c1. The first-order valence-electron chi connectivity index (χ1n) is 4.03. The lowest BCUT2D eigenvalue weighted by Crippen LogP contribution is -2.25. The average molecular weight is 183 g/mol. The molecule has 1 rings (SSSR count). The van der Waals surface area contributed by atoms with E-state index in [-0.39, 0.29) is 12.6 Å². The molecule has 72 valence electrons. The summed E-state index contributed by atoms with van der Waals surface area (Å²) in [5.41, 5.74) is 0.990. The molecule has 0 aliphatic rings. The molecule has 5 heteroatoms. The van der Waals surface area contributed by atoms with Gasteiger partial charge < -0.3 is 10.4 Å². The minimum atomic E-state index is -0.851. The van der Waals surface area contributed by atoms with E-state index >= 15 is 0 Å². The maximum atomic E-state index is 10.3. The van der Waals surface area contributed by atoms with E-state index in [2.05, 4.69) is 10.4 Å². The number of rotatable bonds is 4. The molecule has 0 radical (unpaired) electrons. The van der Waals surface area contributed by atoms with E-state index in [0.29, 0.717) is 0 Å². The van der Waals surface area contributed by atoms with Crippen molar-refractivity contribution < 1.29 is 9.90 Å². The fourth-order valence-corrected chi connectivity index (χ4v) is 1.02. The fourth-order valence-electron chi connectivity index (χ4n) is 1.02. The summed E-state index contributed by atoms with van der Waals surface area (Å²) < 4.78 is 1.69. The van der Waals surface area contributed by atoms with Crippen molar-refractivity contribution in [3.63, 3.8) is 0 Å². The molecule has 1 aromatic rings. The number of hydrogen-bond acceptors (Lipinski definition) is 3. The summed E-state index contributed by atoms with van der Waals surface area (Å²) in [6.45, 7) is 1.87. The van der Waals surface area contributed by atoms with Crippen LogP contribution in [0.1, 0.15) is 18.5 Å². The number of hydrogen-bond donors (Lipinski definition) is 2. The summed E-state index contributed by atoms with van der Waals surface area (Å²) in [5.74, 6) is -0.851. The van der Waals surface area contributed by atoms with Gasteiger partial charge >= 0.3 is 5.97 Å². The van der Waals surface area contributed by atoms with Crippen molar-refractivity contribution in [3.05, 3.63) is 18.0 Å². The largest absolute Gasteiger partial charge is 0.480 e. The minimum Gasteiger partial charge on any atom is -0.480 e. The number of nitrogens with one attached hydrogen (secondary N) is 1. The second-order valence-electron chi connectivity index (χ2n) is 2.94. The highest BCUT2D eigenvalue weighted by Gasteiger charge is 2.07. The fraction of sp³-hybridized carbons (Fsp3) is 0.500. The van der Waals surface area contributed by atoms with E-state index < -0.39 is 5.97 Å². The highest BCUT2D eigenvalue weighted by molar-refractivity contribution is 5.69. The lowest BCUT2D eigenvalue weighted by Gasteiger charge is -2.08. The second-order valence-corrected chi connectivity index (χ2v) is 2.94. The highest BCUT2D eigenvalue weighted by atomic mass is 16.4. The molecule has 0 aliphatic heterocycles. The normalized spacial score (nSPS) is 12.8. The van der Waals surface area contributed by atoms with Crippen molar-refractivity contribution in [2.45, 2.75) is 13.0 Å². The monoisotopic (exact) mass is 183 g/mol. The molecule has 0 saturated heterocycles. The number of carboxylic acid groups (broad SMARTS) is 1. The summed E-state index contributed by atoms with van der Waals surface area (Å²) in [6.07, 6.45) is 3.58. The van der Waals surface area contributed by atoms with E-state index in [1.807, 2.05) is 20.2 Å². The van der Waals surface area contributed by atoms with Gasteiger partial charge in [0, 0.05) is 24.8 Å². The van der Waals surface area contributed by atoms with Crippen LogP contribution in [0.25, 0.3) is 0 Å². The number of carbonyl (C=O) groups is 1. The van der Waals surface area contributed by atoms with Gasteiger partial charge in [-0.2, -0.15) is 5.10 Å². The van der Waals surface area contributed by atoms with Gasteiger partial charge in [0.2, 0.25) is 0 Å². The van der Waals surface area contributed by atoms with Gasteiger partial charge in [0.25, 0.3) is 0 Å². The van der Waals surface area contributed by atoms with Gasteiger partial charge in [0.05, 0.1) is 12.7 Å². The Bertz CT molecular complexity index is 295. The molecule has 0 spiro atoms. The number of carboxylic acids is 1. The summed E-state index contributed by atoms with van der Waals surface area (Å²) in [5, 5.41) is 15.3. The van der Waals surface area contributed by atoms with Gasteiger partial charge in [0.15, 0.2) is 0 Å². The van der Waals surface area contributed by atoms with Crippen molar-refractivity contribution in [2.75, 3.05) is 6.54 Å². The van der Waals surface area contributed by atoms with Crippen molar-refractivity contribution in [3.8, 4) is 0 Å². The van der Waals surface area contributed by atoms with Crippen molar-refractivity contribution >= 4 is 5.97 Å². The van der Waals surface area contributed by atoms with Crippen LogP contribution in [0.3, 0.4) is 0 Å². The Hall–Kier alpha value is -1.36.